The van der Waals surface area contributed by atoms with E-state index in [1.807, 2.05) is 12.1 Å². The molecule has 0 aliphatic heterocycles. The lowest BCUT2D eigenvalue weighted by atomic mass is 9.87. The summed E-state index contributed by atoms with van der Waals surface area (Å²) in [7, 11) is 0. The number of nitrogens with zero attached hydrogens (tertiary/aromatic N) is 2. The van der Waals surface area contributed by atoms with E-state index in [1.165, 1.54) is 23.9 Å². The highest BCUT2D eigenvalue weighted by Crippen LogP contribution is 2.24. The van der Waals surface area contributed by atoms with Gasteiger partial charge in [0.15, 0.2) is 5.76 Å². The molecule has 1 N–H and O–H groups in total. The summed E-state index contributed by atoms with van der Waals surface area (Å²) in [4.78, 5) is 22.1. The zero-order valence-corrected chi connectivity index (χ0v) is 17.5. The SMILES string of the molecule is CC(C)(C)c1ccc(OCc2ccc(C(=O)N/N=C/c3ccc([N+](=O)[O-])o3)cc2)cc1. The lowest BCUT2D eigenvalue weighted by Gasteiger charge is -2.19. The molecule has 0 radical (unpaired) electrons. The summed E-state index contributed by atoms with van der Waals surface area (Å²) in [5, 5.41) is 14.3. The highest BCUT2D eigenvalue weighted by Gasteiger charge is 2.13. The summed E-state index contributed by atoms with van der Waals surface area (Å²) in [6, 6.07) is 17.6. The molecule has 160 valence electrons. The van der Waals surface area contributed by atoms with E-state index in [4.69, 9.17) is 9.15 Å². The number of ether oxygens (including phenoxy) is 1. The molecule has 0 atom stereocenters. The van der Waals surface area contributed by atoms with Crippen molar-refractivity contribution in [3.05, 3.63) is 93.2 Å². The van der Waals surface area contributed by atoms with Crippen LogP contribution in [0.4, 0.5) is 5.88 Å². The predicted octanol–water partition coefficient (Wildman–Crippen LogP) is 4.83. The Hall–Kier alpha value is -3.94. The van der Waals surface area contributed by atoms with Gasteiger partial charge in [-0.25, -0.2) is 5.43 Å². The number of nitrogens with one attached hydrogen (secondary N) is 1. The molecule has 0 fully saturated rings. The van der Waals surface area contributed by atoms with Gasteiger partial charge in [-0.2, -0.15) is 5.10 Å². The highest BCUT2D eigenvalue weighted by molar-refractivity contribution is 5.94. The van der Waals surface area contributed by atoms with E-state index in [9.17, 15) is 14.9 Å². The molecule has 1 amide bonds. The Labute approximate surface area is 179 Å². The Morgan fingerprint density at radius 2 is 1.77 bits per heavy atom. The molecule has 0 saturated heterocycles. The van der Waals surface area contributed by atoms with Crippen molar-refractivity contribution in [3.8, 4) is 5.75 Å². The zero-order chi connectivity index (χ0) is 22.4. The number of carbonyl (C=O) groups excluding carboxylic acids is 1. The largest absolute Gasteiger partial charge is 0.489 e. The van der Waals surface area contributed by atoms with Gasteiger partial charge in [0, 0.05) is 5.56 Å². The second kappa shape index (κ2) is 9.25. The number of hydrogen-bond donors (Lipinski definition) is 1. The highest BCUT2D eigenvalue weighted by atomic mass is 16.6. The second-order valence-electron chi connectivity index (χ2n) is 7.89. The van der Waals surface area contributed by atoms with E-state index in [2.05, 4.69) is 43.4 Å². The van der Waals surface area contributed by atoms with Gasteiger partial charge >= 0.3 is 5.88 Å². The summed E-state index contributed by atoms with van der Waals surface area (Å²) in [5.74, 6) is 0.135. The van der Waals surface area contributed by atoms with Gasteiger partial charge in [-0.05, 0) is 46.9 Å². The minimum absolute atomic E-state index is 0.0922. The van der Waals surface area contributed by atoms with Crippen LogP contribution >= 0.6 is 0 Å². The van der Waals surface area contributed by atoms with Gasteiger partial charge in [0.25, 0.3) is 5.91 Å². The van der Waals surface area contributed by atoms with Crippen molar-refractivity contribution in [2.75, 3.05) is 0 Å². The first-order valence-corrected chi connectivity index (χ1v) is 9.62. The minimum atomic E-state index is -0.651. The molecule has 0 unspecified atom stereocenters. The van der Waals surface area contributed by atoms with Crippen LogP contribution in [0.2, 0.25) is 0 Å². The minimum Gasteiger partial charge on any atom is -0.489 e. The Kier molecular flexibility index (Phi) is 6.49. The molecule has 8 nitrogen and oxygen atoms in total. The first-order chi connectivity index (χ1) is 14.7. The van der Waals surface area contributed by atoms with E-state index in [1.54, 1.807) is 24.3 Å². The maximum atomic E-state index is 12.2. The number of hydrazone groups is 1. The Morgan fingerprint density at radius 3 is 2.35 bits per heavy atom. The lowest BCUT2D eigenvalue weighted by molar-refractivity contribution is -0.402. The summed E-state index contributed by atoms with van der Waals surface area (Å²) in [6.45, 7) is 6.87. The predicted molar refractivity (Wildman–Crippen MR) is 116 cm³/mol. The van der Waals surface area contributed by atoms with Crippen molar-refractivity contribution in [1.82, 2.24) is 5.43 Å². The summed E-state index contributed by atoms with van der Waals surface area (Å²) in [6.07, 6.45) is 1.19. The average molecular weight is 421 g/mol. The monoisotopic (exact) mass is 421 g/mol. The fraction of sp³-hybridized carbons (Fsp3) is 0.217. The number of benzene rings is 2. The molecule has 0 aliphatic rings. The molecule has 0 aliphatic carbocycles. The number of carbonyl (C=O) groups is 1. The normalized spacial score (nSPS) is 11.5. The molecule has 0 saturated carbocycles. The first-order valence-electron chi connectivity index (χ1n) is 9.62. The van der Waals surface area contributed by atoms with E-state index in [0.29, 0.717) is 12.2 Å². The van der Waals surface area contributed by atoms with Crippen LogP contribution in [0.1, 0.15) is 48.0 Å². The van der Waals surface area contributed by atoms with E-state index >= 15 is 0 Å². The molecular formula is C23H23N3O5. The van der Waals surface area contributed by atoms with Crippen LogP contribution in [0.15, 0.2) is 70.2 Å². The maximum absolute atomic E-state index is 12.2. The summed E-state index contributed by atoms with van der Waals surface area (Å²) >= 11 is 0. The molecule has 2 aromatic carbocycles. The van der Waals surface area contributed by atoms with Gasteiger partial charge in [0.05, 0.1) is 12.3 Å². The van der Waals surface area contributed by atoms with Crippen LogP contribution in [0.5, 0.6) is 5.75 Å². The third-order valence-electron chi connectivity index (χ3n) is 4.49. The number of nitro groups is 1. The smallest absolute Gasteiger partial charge is 0.433 e. The maximum Gasteiger partial charge on any atom is 0.433 e. The quantitative estimate of drug-likeness (QED) is 0.334. The molecule has 3 aromatic rings. The Morgan fingerprint density at radius 1 is 1.10 bits per heavy atom. The summed E-state index contributed by atoms with van der Waals surface area (Å²) < 4.78 is 10.7. The molecule has 31 heavy (non-hydrogen) atoms. The number of rotatable bonds is 7. The standard InChI is InChI=1S/C23H23N3O5/c1-23(2,3)18-8-10-19(11-9-18)30-15-16-4-6-17(7-5-16)22(27)25-24-14-20-12-13-21(31-20)26(28)29/h4-14H,15H2,1-3H3,(H,25,27)/b24-14+. The van der Waals surface area contributed by atoms with Crippen molar-refractivity contribution in [2.45, 2.75) is 32.8 Å². The van der Waals surface area contributed by atoms with Gasteiger partial charge in [-0.3, -0.25) is 14.9 Å². The number of furan rings is 1. The van der Waals surface area contributed by atoms with Crippen molar-refractivity contribution >= 4 is 18.0 Å². The first kappa shape index (κ1) is 21.8. The van der Waals surface area contributed by atoms with Crippen LogP contribution in [0.25, 0.3) is 0 Å². The van der Waals surface area contributed by atoms with E-state index < -0.39 is 16.7 Å². The zero-order valence-electron chi connectivity index (χ0n) is 17.5. The molecular weight excluding hydrogens is 398 g/mol. The van der Waals surface area contributed by atoms with Gasteiger partial charge < -0.3 is 9.15 Å². The fourth-order valence-electron chi connectivity index (χ4n) is 2.70. The second-order valence-corrected chi connectivity index (χ2v) is 7.89. The third-order valence-corrected chi connectivity index (χ3v) is 4.49. The van der Waals surface area contributed by atoms with E-state index in [-0.39, 0.29) is 11.2 Å². The summed E-state index contributed by atoms with van der Waals surface area (Å²) in [5.41, 5.74) is 5.02. The topological polar surface area (TPSA) is 107 Å². The fourth-order valence-corrected chi connectivity index (χ4v) is 2.70. The van der Waals surface area contributed by atoms with Crippen LogP contribution in [-0.2, 0) is 12.0 Å². The van der Waals surface area contributed by atoms with Crippen LogP contribution < -0.4 is 10.2 Å². The molecule has 0 bridgehead atoms. The molecule has 0 spiro atoms. The van der Waals surface area contributed by atoms with Gasteiger partial charge in [0.1, 0.15) is 17.3 Å². The molecule has 1 heterocycles. The molecule has 8 heteroatoms. The Bertz CT molecular complexity index is 1080. The van der Waals surface area contributed by atoms with Gasteiger partial charge in [0.2, 0.25) is 0 Å². The van der Waals surface area contributed by atoms with Crippen molar-refractivity contribution < 1.29 is 18.9 Å². The lowest BCUT2D eigenvalue weighted by Crippen LogP contribution is -2.17. The third kappa shape index (κ3) is 6.02. The van der Waals surface area contributed by atoms with Crippen LogP contribution in [0.3, 0.4) is 0 Å². The Balaban J connectivity index is 1.51. The van der Waals surface area contributed by atoms with Crippen LogP contribution in [0, 0.1) is 10.1 Å². The van der Waals surface area contributed by atoms with Crippen molar-refractivity contribution in [3.63, 3.8) is 0 Å². The number of hydrogen-bond acceptors (Lipinski definition) is 6. The number of amides is 1. The van der Waals surface area contributed by atoms with Gasteiger partial charge in [-0.15, -0.1) is 0 Å². The average Bonchev–Trinajstić information content (AvgIpc) is 3.21. The van der Waals surface area contributed by atoms with Crippen molar-refractivity contribution in [1.29, 1.82) is 0 Å². The van der Waals surface area contributed by atoms with Crippen LogP contribution in [-0.4, -0.2) is 17.0 Å². The molecule has 3 rings (SSSR count). The van der Waals surface area contributed by atoms with Crippen molar-refractivity contribution in [2.24, 2.45) is 5.10 Å². The van der Waals surface area contributed by atoms with Gasteiger partial charge in [-0.1, -0.05) is 45.0 Å². The molecule has 1 aromatic heterocycles. The van der Waals surface area contributed by atoms with E-state index in [0.717, 1.165) is 11.3 Å².